The third-order valence-corrected chi connectivity index (χ3v) is 4.74. The first kappa shape index (κ1) is 19.7. The van der Waals surface area contributed by atoms with Gasteiger partial charge in [-0.05, 0) is 30.3 Å². The number of para-hydroxylation sites is 1. The molecule has 146 valence electrons. The van der Waals surface area contributed by atoms with E-state index in [2.05, 4.69) is 5.32 Å². The van der Waals surface area contributed by atoms with Crippen molar-refractivity contribution in [2.24, 2.45) is 0 Å². The van der Waals surface area contributed by atoms with Gasteiger partial charge in [0.25, 0.3) is 5.91 Å². The number of nitrogens with zero attached hydrogens (tertiary/aromatic N) is 2. The van der Waals surface area contributed by atoms with Crippen molar-refractivity contribution in [2.75, 3.05) is 42.9 Å². The fourth-order valence-electron chi connectivity index (χ4n) is 3.25. The van der Waals surface area contributed by atoms with Gasteiger partial charge in [0.2, 0.25) is 0 Å². The molecule has 5 nitrogen and oxygen atoms in total. The standard InChI is InChI=1S/C20H19F3N4O/c21-20(22,23)16-5-3-6-17(12-16)27-10-8-26(9-11-27)14-19(28)25-18-7-2-1-4-15(18)13-24/h1-7,12H,8-11,14H2,(H,25,28)/p+1. The summed E-state index contributed by atoms with van der Waals surface area (Å²) in [7, 11) is 0. The largest absolute Gasteiger partial charge is 0.416 e. The summed E-state index contributed by atoms with van der Waals surface area (Å²) < 4.78 is 38.7. The second kappa shape index (κ2) is 8.31. The summed E-state index contributed by atoms with van der Waals surface area (Å²) >= 11 is 0. The molecule has 8 heteroatoms. The topological polar surface area (TPSA) is 60.6 Å². The van der Waals surface area contributed by atoms with Crippen molar-refractivity contribution in [2.45, 2.75) is 6.18 Å². The van der Waals surface area contributed by atoms with E-state index in [-0.39, 0.29) is 12.5 Å². The van der Waals surface area contributed by atoms with E-state index in [1.165, 1.54) is 6.07 Å². The Hall–Kier alpha value is -3.05. The molecule has 2 N–H and O–H groups in total. The Bertz CT molecular complexity index is 884. The van der Waals surface area contributed by atoms with Crippen LogP contribution in [-0.2, 0) is 11.0 Å². The molecule has 3 rings (SSSR count). The molecule has 1 heterocycles. The molecule has 28 heavy (non-hydrogen) atoms. The van der Waals surface area contributed by atoms with Crippen molar-refractivity contribution in [3.63, 3.8) is 0 Å². The maximum atomic E-state index is 12.9. The average Bonchev–Trinajstić information content (AvgIpc) is 2.68. The predicted molar refractivity (Wildman–Crippen MR) is 99.0 cm³/mol. The summed E-state index contributed by atoms with van der Waals surface area (Å²) in [5.41, 5.74) is 0.772. The highest BCUT2D eigenvalue weighted by molar-refractivity contribution is 5.92. The Morgan fingerprint density at radius 2 is 1.86 bits per heavy atom. The van der Waals surface area contributed by atoms with Gasteiger partial charge in [0.15, 0.2) is 6.54 Å². The van der Waals surface area contributed by atoms with E-state index in [1.54, 1.807) is 30.3 Å². The highest BCUT2D eigenvalue weighted by Crippen LogP contribution is 2.31. The number of carbonyl (C=O) groups excluding carboxylic acids is 1. The lowest BCUT2D eigenvalue weighted by molar-refractivity contribution is -0.892. The number of carbonyl (C=O) groups is 1. The zero-order valence-corrected chi connectivity index (χ0v) is 15.1. The van der Waals surface area contributed by atoms with Crippen LogP contribution in [0.25, 0.3) is 0 Å². The fraction of sp³-hybridized carbons (Fsp3) is 0.300. The van der Waals surface area contributed by atoms with Gasteiger partial charge in [-0.15, -0.1) is 0 Å². The van der Waals surface area contributed by atoms with Crippen LogP contribution >= 0.6 is 0 Å². The number of hydrogen-bond acceptors (Lipinski definition) is 3. The van der Waals surface area contributed by atoms with E-state index < -0.39 is 11.7 Å². The van der Waals surface area contributed by atoms with Crippen LogP contribution in [0.2, 0.25) is 0 Å². The van der Waals surface area contributed by atoms with Crippen LogP contribution in [-0.4, -0.2) is 38.6 Å². The maximum Gasteiger partial charge on any atom is 0.416 e. The maximum absolute atomic E-state index is 12.9. The van der Waals surface area contributed by atoms with Crippen LogP contribution in [0, 0.1) is 11.3 Å². The minimum absolute atomic E-state index is 0.190. The number of nitriles is 1. The second-order valence-electron chi connectivity index (χ2n) is 6.67. The van der Waals surface area contributed by atoms with E-state index in [9.17, 15) is 18.0 Å². The number of amides is 1. The van der Waals surface area contributed by atoms with Gasteiger partial charge >= 0.3 is 6.18 Å². The number of rotatable bonds is 4. The number of halogens is 3. The van der Waals surface area contributed by atoms with Gasteiger partial charge in [0.1, 0.15) is 6.07 Å². The highest BCUT2D eigenvalue weighted by Gasteiger charge is 2.31. The van der Waals surface area contributed by atoms with Gasteiger partial charge in [-0.2, -0.15) is 18.4 Å². The van der Waals surface area contributed by atoms with Gasteiger partial charge in [0, 0.05) is 5.69 Å². The predicted octanol–water partition coefficient (Wildman–Crippen LogP) is 1.92. The van der Waals surface area contributed by atoms with E-state index in [4.69, 9.17) is 5.26 Å². The number of hydrogen-bond donors (Lipinski definition) is 2. The van der Waals surface area contributed by atoms with Crippen molar-refractivity contribution in [3.05, 3.63) is 59.7 Å². The molecule has 1 aliphatic heterocycles. The van der Waals surface area contributed by atoms with Gasteiger partial charge in [-0.25, -0.2) is 0 Å². The molecule has 2 aromatic rings. The minimum atomic E-state index is -4.36. The molecular weight excluding hydrogens is 369 g/mol. The summed E-state index contributed by atoms with van der Waals surface area (Å²) in [6.07, 6.45) is -4.36. The van der Waals surface area contributed by atoms with Crippen LogP contribution < -0.4 is 15.1 Å². The molecule has 0 aliphatic carbocycles. The SMILES string of the molecule is N#Cc1ccccc1NC(=O)C[NH+]1CCN(c2cccc(C(F)(F)F)c2)CC1. The van der Waals surface area contributed by atoms with Gasteiger partial charge in [-0.3, -0.25) is 4.79 Å². The van der Waals surface area contributed by atoms with Crippen molar-refractivity contribution in [3.8, 4) is 6.07 Å². The van der Waals surface area contributed by atoms with Crippen LogP contribution in [0.5, 0.6) is 0 Å². The molecule has 2 aromatic carbocycles. The van der Waals surface area contributed by atoms with Crippen LogP contribution in [0.3, 0.4) is 0 Å². The second-order valence-corrected chi connectivity index (χ2v) is 6.67. The van der Waals surface area contributed by atoms with Crippen LogP contribution in [0.1, 0.15) is 11.1 Å². The van der Waals surface area contributed by atoms with Crippen molar-refractivity contribution >= 4 is 17.3 Å². The first-order valence-electron chi connectivity index (χ1n) is 8.91. The summed E-state index contributed by atoms with van der Waals surface area (Å²) in [4.78, 5) is 15.2. The molecule has 0 aromatic heterocycles. The number of benzene rings is 2. The van der Waals surface area contributed by atoms with Crippen molar-refractivity contribution < 1.29 is 22.9 Å². The normalized spacial score (nSPS) is 15.1. The van der Waals surface area contributed by atoms with Gasteiger partial charge in [-0.1, -0.05) is 18.2 Å². The van der Waals surface area contributed by atoms with E-state index in [0.717, 1.165) is 17.0 Å². The Kier molecular flexibility index (Phi) is 5.85. The van der Waals surface area contributed by atoms with Crippen LogP contribution in [0.15, 0.2) is 48.5 Å². The third-order valence-electron chi connectivity index (χ3n) is 4.74. The van der Waals surface area contributed by atoms with Crippen molar-refractivity contribution in [1.82, 2.24) is 0 Å². The number of alkyl halides is 3. The minimum Gasteiger partial charge on any atom is -0.360 e. The lowest BCUT2D eigenvalue weighted by Gasteiger charge is -2.33. The Morgan fingerprint density at radius 1 is 1.14 bits per heavy atom. The number of anilines is 2. The zero-order chi connectivity index (χ0) is 20.1. The number of piperazine rings is 1. The molecule has 0 unspecified atom stereocenters. The molecule has 1 saturated heterocycles. The first-order valence-corrected chi connectivity index (χ1v) is 8.91. The highest BCUT2D eigenvalue weighted by atomic mass is 19.4. The molecule has 0 spiro atoms. The first-order chi connectivity index (χ1) is 13.4. The molecule has 0 radical (unpaired) electrons. The number of nitrogens with one attached hydrogen (secondary N) is 2. The average molecular weight is 389 g/mol. The van der Waals surface area contributed by atoms with E-state index >= 15 is 0 Å². The summed E-state index contributed by atoms with van der Waals surface area (Å²) in [6.45, 7) is 2.67. The lowest BCUT2D eigenvalue weighted by Crippen LogP contribution is -3.15. The van der Waals surface area contributed by atoms with E-state index in [1.807, 2.05) is 11.0 Å². The lowest BCUT2D eigenvalue weighted by atomic mass is 10.1. The zero-order valence-electron chi connectivity index (χ0n) is 15.1. The molecular formula is C20H20F3N4O+. The number of quaternary nitrogens is 1. The molecule has 1 aliphatic rings. The third kappa shape index (κ3) is 4.81. The summed E-state index contributed by atoms with van der Waals surface area (Å²) in [6, 6.07) is 14.1. The van der Waals surface area contributed by atoms with E-state index in [0.29, 0.717) is 43.1 Å². The Morgan fingerprint density at radius 3 is 2.54 bits per heavy atom. The molecule has 0 atom stereocenters. The molecule has 0 saturated carbocycles. The quantitative estimate of drug-likeness (QED) is 0.840. The molecule has 1 fully saturated rings. The van der Waals surface area contributed by atoms with Crippen LogP contribution in [0.4, 0.5) is 24.5 Å². The Balaban J connectivity index is 1.54. The summed E-state index contributed by atoms with van der Waals surface area (Å²) in [5.74, 6) is -0.190. The Labute approximate surface area is 161 Å². The fourth-order valence-corrected chi connectivity index (χ4v) is 3.25. The molecule has 1 amide bonds. The summed E-state index contributed by atoms with van der Waals surface area (Å²) in [5, 5.41) is 11.8. The smallest absolute Gasteiger partial charge is 0.360 e. The molecule has 0 bridgehead atoms. The van der Waals surface area contributed by atoms with Crippen molar-refractivity contribution in [1.29, 1.82) is 5.26 Å². The monoisotopic (exact) mass is 389 g/mol. The van der Waals surface area contributed by atoms with Gasteiger partial charge in [0.05, 0.1) is 43.0 Å². The van der Waals surface area contributed by atoms with Gasteiger partial charge < -0.3 is 15.1 Å².